The molecule has 0 fully saturated rings. The zero-order valence-electron chi connectivity index (χ0n) is 7.98. The summed E-state index contributed by atoms with van der Waals surface area (Å²) in [5.41, 5.74) is 4.37. The summed E-state index contributed by atoms with van der Waals surface area (Å²) in [5, 5.41) is 0. The molecule has 0 bridgehead atoms. The molecular formula is C8H11N3O3. The normalized spacial score (nSPS) is 10.2. The molecule has 0 aliphatic heterocycles. The molecule has 0 saturated heterocycles. The van der Waals surface area contributed by atoms with E-state index in [1.54, 1.807) is 0 Å². The molecule has 0 spiro atoms. The standard InChI is InChI=1S/C8H11N3O3/c1-5-4-11(6(12)3-9)8(14)10(2)7(5)13/h4H,3,9H2,1-2H3. The van der Waals surface area contributed by atoms with E-state index in [0.29, 0.717) is 5.56 Å². The van der Waals surface area contributed by atoms with Gasteiger partial charge in [0.1, 0.15) is 0 Å². The lowest BCUT2D eigenvalue weighted by atomic mass is 10.4. The fraction of sp³-hybridized carbons (Fsp3) is 0.375. The first-order chi connectivity index (χ1) is 6.49. The van der Waals surface area contributed by atoms with E-state index in [0.717, 1.165) is 9.13 Å². The molecule has 0 saturated carbocycles. The van der Waals surface area contributed by atoms with Crippen molar-refractivity contribution in [2.75, 3.05) is 6.54 Å². The Hall–Kier alpha value is -1.69. The van der Waals surface area contributed by atoms with E-state index < -0.39 is 17.2 Å². The monoisotopic (exact) mass is 197 g/mol. The molecule has 1 aromatic heterocycles. The molecule has 14 heavy (non-hydrogen) atoms. The van der Waals surface area contributed by atoms with E-state index in [1.807, 2.05) is 0 Å². The van der Waals surface area contributed by atoms with Gasteiger partial charge in [-0.2, -0.15) is 0 Å². The van der Waals surface area contributed by atoms with Crippen molar-refractivity contribution in [2.24, 2.45) is 12.8 Å². The summed E-state index contributed by atoms with van der Waals surface area (Å²) in [4.78, 5) is 33.8. The quantitative estimate of drug-likeness (QED) is 0.590. The topological polar surface area (TPSA) is 87.1 Å². The first-order valence-electron chi connectivity index (χ1n) is 4.01. The lowest BCUT2D eigenvalue weighted by Crippen LogP contribution is -2.42. The third kappa shape index (κ3) is 1.51. The molecular weight excluding hydrogens is 186 g/mol. The number of aromatic nitrogens is 2. The van der Waals surface area contributed by atoms with Crippen molar-refractivity contribution in [1.29, 1.82) is 0 Å². The molecule has 0 amide bonds. The number of carbonyl (C=O) groups is 1. The van der Waals surface area contributed by atoms with Crippen LogP contribution in [-0.4, -0.2) is 21.6 Å². The van der Waals surface area contributed by atoms with Crippen molar-refractivity contribution in [3.8, 4) is 0 Å². The largest absolute Gasteiger partial charge is 0.337 e. The van der Waals surface area contributed by atoms with Crippen molar-refractivity contribution < 1.29 is 4.79 Å². The van der Waals surface area contributed by atoms with Crippen molar-refractivity contribution in [1.82, 2.24) is 9.13 Å². The van der Waals surface area contributed by atoms with Gasteiger partial charge < -0.3 is 5.73 Å². The Labute approximate surface area is 79.6 Å². The highest BCUT2D eigenvalue weighted by Gasteiger charge is 2.09. The van der Waals surface area contributed by atoms with Crippen LogP contribution in [0, 0.1) is 6.92 Å². The molecule has 1 aromatic rings. The second-order valence-electron chi connectivity index (χ2n) is 2.93. The maximum absolute atomic E-state index is 11.4. The van der Waals surface area contributed by atoms with Gasteiger partial charge in [-0.25, -0.2) is 9.36 Å². The van der Waals surface area contributed by atoms with E-state index in [-0.39, 0.29) is 6.54 Å². The Morgan fingerprint density at radius 1 is 1.50 bits per heavy atom. The highest BCUT2D eigenvalue weighted by Crippen LogP contribution is 1.84. The van der Waals surface area contributed by atoms with Crippen LogP contribution < -0.4 is 17.0 Å². The first-order valence-corrected chi connectivity index (χ1v) is 4.01. The number of carbonyl (C=O) groups excluding carboxylic acids is 1. The number of rotatable bonds is 1. The van der Waals surface area contributed by atoms with Gasteiger partial charge in [-0.05, 0) is 6.92 Å². The van der Waals surface area contributed by atoms with E-state index in [1.165, 1.54) is 20.2 Å². The van der Waals surface area contributed by atoms with Crippen LogP contribution in [0.15, 0.2) is 15.8 Å². The number of nitrogens with zero attached hydrogens (tertiary/aromatic N) is 2. The number of aryl methyl sites for hydroxylation is 1. The third-order valence-electron chi connectivity index (χ3n) is 1.90. The van der Waals surface area contributed by atoms with E-state index in [4.69, 9.17) is 5.73 Å². The lowest BCUT2D eigenvalue weighted by Gasteiger charge is -2.05. The van der Waals surface area contributed by atoms with Crippen LogP contribution in [-0.2, 0) is 7.05 Å². The molecule has 0 aromatic carbocycles. The summed E-state index contributed by atoms with van der Waals surface area (Å²) in [6.45, 7) is 1.26. The van der Waals surface area contributed by atoms with Gasteiger partial charge in [0.2, 0.25) is 5.91 Å². The predicted molar refractivity (Wildman–Crippen MR) is 50.4 cm³/mol. The minimum atomic E-state index is -0.670. The van der Waals surface area contributed by atoms with Gasteiger partial charge in [0.25, 0.3) is 5.56 Å². The summed E-state index contributed by atoms with van der Waals surface area (Å²) >= 11 is 0. The Morgan fingerprint density at radius 2 is 2.07 bits per heavy atom. The van der Waals surface area contributed by atoms with Crippen molar-refractivity contribution >= 4 is 5.91 Å². The summed E-state index contributed by atoms with van der Waals surface area (Å²) in [6.07, 6.45) is 1.21. The molecule has 0 unspecified atom stereocenters. The number of nitrogens with two attached hydrogens (primary N) is 1. The van der Waals surface area contributed by atoms with Crippen LogP contribution in [0.4, 0.5) is 0 Å². The van der Waals surface area contributed by atoms with E-state index in [9.17, 15) is 14.4 Å². The van der Waals surface area contributed by atoms with Crippen LogP contribution in [0.3, 0.4) is 0 Å². The van der Waals surface area contributed by atoms with Crippen LogP contribution in [0.1, 0.15) is 10.4 Å². The molecule has 1 heterocycles. The van der Waals surface area contributed by atoms with Crippen LogP contribution >= 0.6 is 0 Å². The van der Waals surface area contributed by atoms with Gasteiger partial charge in [-0.15, -0.1) is 0 Å². The lowest BCUT2D eigenvalue weighted by molar-refractivity contribution is 0.0915. The maximum atomic E-state index is 11.4. The van der Waals surface area contributed by atoms with E-state index in [2.05, 4.69) is 0 Å². The molecule has 0 radical (unpaired) electrons. The second-order valence-corrected chi connectivity index (χ2v) is 2.93. The maximum Gasteiger partial charge on any atom is 0.337 e. The average molecular weight is 197 g/mol. The fourth-order valence-electron chi connectivity index (χ4n) is 1.09. The molecule has 0 aliphatic carbocycles. The Kier molecular flexibility index (Phi) is 2.66. The zero-order chi connectivity index (χ0) is 10.9. The molecule has 2 N–H and O–H groups in total. The zero-order valence-corrected chi connectivity index (χ0v) is 7.98. The van der Waals surface area contributed by atoms with Crippen molar-refractivity contribution in [3.63, 3.8) is 0 Å². The highest BCUT2D eigenvalue weighted by molar-refractivity contribution is 5.80. The van der Waals surface area contributed by atoms with Gasteiger partial charge in [-0.1, -0.05) is 0 Å². The number of hydrogen-bond donors (Lipinski definition) is 1. The smallest absolute Gasteiger partial charge is 0.322 e. The number of hydrogen-bond acceptors (Lipinski definition) is 4. The van der Waals surface area contributed by atoms with Gasteiger partial charge in [0.05, 0.1) is 6.54 Å². The van der Waals surface area contributed by atoms with Gasteiger partial charge >= 0.3 is 5.69 Å². The molecule has 1 rings (SSSR count). The van der Waals surface area contributed by atoms with Crippen LogP contribution in [0.2, 0.25) is 0 Å². The minimum absolute atomic E-state index is 0.266. The third-order valence-corrected chi connectivity index (χ3v) is 1.90. The summed E-state index contributed by atoms with van der Waals surface area (Å²) in [6, 6.07) is 0. The Bertz CT molecular complexity index is 484. The van der Waals surface area contributed by atoms with Gasteiger partial charge in [-0.3, -0.25) is 14.2 Å². The van der Waals surface area contributed by atoms with E-state index >= 15 is 0 Å². The summed E-state index contributed by atoms with van der Waals surface area (Å²) < 4.78 is 1.72. The SMILES string of the molecule is Cc1cn(C(=O)CN)c(=O)n(C)c1=O. The van der Waals surface area contributed by atoms with Gasteiger partial charge in [0, 0.05) is 18.8 Å². The first kappa shape index (κ1) is 10.4. The predicted octanol–water partition coefficient (Wildman–Crippen LogP) is -1.55. The minimum Gasteiger partial charge on any atom is -0.322 e. The molecule has 0 aliphatic rings. The Balaban J connectivity index is 3.57. The molecule has 6 heteroatoms. The highest BCUT2D eigenvalue weighted by atomic mass is 16.2. The molecule has 76 valence electrons. The van der Waals surface area contributed by atoms with Crippen molar-refractivity contribution in [2.45, 2.75) is 6.92 Å². The summed E-state index contributed by atoms with van der Waals surface area (Å²) in [7, 11) is 1.32. The van der Waals surface area contributed by atoms with Crippen LogP contribution in [0.25, 0.3) is 0 Å². The fourth-order valence-corrected chi connectivity index (χ4v) is 1.09. The van der Waals surface area contributed by atoms with Crippen LogP contribution in [0.5, 0.6) is 0 Å². The molecule has 0 atom stereocenters. The molecule has 6 nitrogen and oxygen atoms in total. The Morgan fingerprint density at radius 3 is 2.57 bits per heavy atom. The average Bonchev–Trinajstić information content (AvgIpc) is 2.19. The summed E-state index contributed by atoms with van der Waals surface area (Å²) in [5.74, 6) is -0.534. The van der Waals surface area contributed by atoms with Gasteiger partial charge in [0.15, 0.2) is 0 Å². The second kappa shape index (κ2) is 3.59. The van der Waals surface area contributed by atoms with Crippen molar-refractivity contribution in [3.05, 3.63) is 32.6 Å².